The number of nitrogens with one attached hydrogen (secondary N) is 3. The Kier molecular flexibility index (Phi) is 5.39. The van der Waals surface area contributed by atoms with Gasteiger partial charge >= 0.3 is 6.03 Å². The number of carbonyl (C=O) groups is 1. The standard InChI is InChI=1S/C29H23N5OS/c1-17-3-2-4-22(13-17)34-29(35)33-21-8-5-18(6-9-21)24-16-36-27-23(15-32-28(30)26(24)27)19-7-10-25-20(14-19)11-12-31-25/h2-16,31H,1H3,(H2,30,32)(H2,33,34,35). The first-order chi connectivity index (χ1) is 17.5. The van der Waals surface area contributed by atoms with E-state index in [1.54, 1.807) is 11.3 Å². The molecule has 176 valence electrons. The number of H-pyrrole nitrogens is 1. The predicted molar refractivity (Wildman–Crippen MR) is 151 cm³/mol. The second-order valence-corrected chi connectivity index (χ2v) is 9.60. The molecule has 0 spiro atoms. The fourth-order valence-electron chi connectivity index (χ4n) is 4.46. The number of rotatable bonds is 4. The zero-order chi connectivity index (χ0) is 24.6. The highest BCUT2D eigenvalue weighted by molar-refractivity contribution is 7.18. The molecule has 7 heteroatoms. The van der Waals surface area contributed by atoms with Crippen LogP contribution in [-0.2, 0) is 0 Å². The van der Waals surface area contributed by atoms with Crippen molar-refractivity contribution < 1.29 is 4.79 Å². The number of benzene rings is 3. The average molecular weight is 490 g/mol. The number of hydrogen-bond acceptors (Lipinski definition) is 4. The highest BCUT2D eigenvalue weighted by atomic mass is 32.1. The topological polar surface area (TPSA) is 95.8 Å². The molecule has 5 N–H and O–H groups in total. The van der Waals surface area contributed by atoms with Gasteiger partial charge in [0.05, 0.1) is 0 Å². The van der Waals surface area contributed by atoms with Crippen LogP contribution in [0.1, 0.15) is 5.56 Å². The summed E-state index contributed by atoms with van der Waals surface area (Å²) in [6, 6.07) is 23.6. The molecule has 0 saturated heterocycles. The van der Waals surface area contributed by atoms with Gasteiger partial charge in [-0.2, -0.15) is 0 Å². The van der Waals surface area contributed by atoms with Gasteiger partial charge in [0, 0.05) is 50.5 Å². The number of amides is 2. The summed E-state index contributed by atoms with van der Waals surface area (Å²) in [5.74, 6) is 0.507. The number of hydrogen-bond donors (Lipinski definition) is 4. The Hall–Kier alpha value is -4.62. The van der Waals surface area contributed by atoms with Gasteiger partial charge in [-0.25, -0.2) is 9.78 Å². The number of carbonyl (C=O) groups excluding carboxylic acids is 1. The van der Waals surface area contributed by atoms with Crippen LogP contribution in [0.4, 0.5) is 22.0 Å². The molecule has 6 rings (SSSR count). The van der Waals surface area contributed by atoms with Crippen LogP contribution in [0.2, 0.25) is 0 Å². The van der Waals surface area contributed by atoms with Crippen LogP contribution in [-0.4, -0.2) is 16.0 Å². The SMILES string of the molecule is Cc1cccc(NC(=O)Nc2ccc(-c3csc4c(-c5ccc6[nH]ccc6c5)cnc(N)c34)cc2)c1. The maximum absolute atomic E-state index is 12.4. The molecule has 0 fully saturated rings. The van der Waals surface area contributed by atoms with Crippen molar-refractivity contribution in [3.63, 3.8) is 0 Å². The summed E-state index contributed by atoms with van der Waals surface area (Å²) in [5.41, 5.74) is 14.2. The molecule has 3 heterocycles. The number of aryl methyl sites for hydroxylation is 1. The number of nitrogens with zero attached hydrogens (tertiary/aromatic N) is 1. The second kappa shape index (κ2) is 8.87. The molecule has 0 aliphatic rings. The number of nitrogens with two attached hydrogens (primary N) is 1. The normalized spacial score (nSPS) is 11.1. The molecule has 0 unspecified atom stereocenters. The lowest BCUT2D eigenvalue weighted by Gasteiger charge is -2.10. The van der Waals surface area contributed by atoms with Crippen molar-refractivity contribution in [3.05, 3.63) is 96.1 Å². The Morgan fingerprint density at radius 3 is 2.56 bits per heavy atom. The van der Waals surface area contributed by atoms with Crippen molar-refractivity contribution in [2.45, 2.75) is 6.92 Å². The largest absolute Gasteiger partial charge is 0.383 e. The summed E-state index contributed by atoms with van der Waals surface area (Å²) in [4.78, 5) is 20.2. The van der Waals surface area contributed by atoms with E-state index in [4.69, 9.17) is 5.73 Å². The minimum absolute atomic E-state index is 0.285. The van der Waals surface area contributed by atoms with Crippen molar-refractivity contribution in [2.24, 2.45) is 0 Å². The molecule has 2 amide bonds. The van der Waals surface area contributed by atoms with Gasteiger partial charge in [-0.15, -0.1) is 11.3 Å². The summed E-state index contributed by atoms with van der Waals surface area (Å²) in [6.07, 6.45) is 3.80. The third kappa shape index (κ3) is 4.06. The summed E-state index contributed by atoms with van der Waals surface area (Å²) >= 11 is 1.66. The number of aromatic amines is 1. The van der Waals surface area contributed by atoms with Gasteiger partial charge in [-0.05, 0) is 76.8 Å². The van der Waals surface area contributed by atoms with Crippen molar-refractivity contribution in [1.29, 1.82) is 0 Å². The van der Waals surface area contributed by atoms with E-state index in [1.807, 2.05) is 67.8 Å². The second-order valence-electron chi connectivity index (χ2n) is 8.72. The molecule has 0 saturated carbocycles. The first-order valence-corrected chi connectivity index (χ1v) is 12.4. The van der Waals surface area contributed by atoms with E-state index in [2.05, 4.69) is 50.2 Å². The van der Waals surface area contributed by atoms with E-state index in [-0.39, 0.29) is 6.03 Å². The summed E-state index contributed by atoms with van der Waals surface area (Å²) in [5, 5.41) is 9.97. The van der Waals surface area contributed by atoms with Gasteiger partial charge in [0.2, 0.25) is 0 Å². The summed E-state index contributed by atoms with van der Waals surface area (Å²) in [6.45, 7) is 1.99. The first-order valence-electron chi connectivity index (χ1n) is 11.5. The van der Waals surface area contributed by atoms with Crippen LogP contribution >= 0.6 is 11.3 Å². The third-order valence-electron chi connectivity index (χ3n) is 6.22. The van der Waals surface area contributed by atoms with E-state index in [1.165, 1.54) is 0 Å². The lowest BCUT2D eigenvalue weighted by atomic mass is 10.0. The Balaban J connectivity index is 1.28. The quantitative estimate of drug-likeness (QED) is 0.205. The Bertz CT molecular complexity index is 1730. The lowest BCUT2D eigenvalue weighted by Crippen LogP contribution is -2.19. The van der Waals surface area contributed by atoms with Gasteiger partial charge in [0.1, 0.15) is 5.82 Å². The number of aromatic nitrogens is 2. The smallest absolute Gasteiger partial charge is 0.323 e. The zero-order valence-electron chi connectivity index (χ0n) is 19.5. The molecular formula is C29H23N5OS. The molecule has 0 atom stereocenters. The number of urea groups is 1. The van der Waals surface area contributed by atoms with E-state index >= 15 is 0 Å². The zero-order valence-corrected chi connectivity index (χ0v) is 20.3. The number of fused-ring (bicyclic) bond motifs is 2. The van der Waals surface area contributed by atoms with Gasteiger partial charge in [0.15, 0.2) is 0 Å². The van der Waals surface area contributed by atoms with Crippen molar-refractivity contribution in [3.8, 4) is 22.3 Å². The minimum Gasteiger partial charge on any atom is -0.383 e. The van der Waals surface area contributed by atoms with Crippen LogP contribution in [0.15, 0.2) is 90.6 Å². The highest BCUT2D eigenvalue weighted by Crippen LogP contribution is 2.42. The van der Waals surface area contributed by atoms with Crippen LogP contribution < -0.4 is 16.4 Å². The highest BCUT2D eigenvalue weighted by Gasteiger charge is 2.16. The summed E-state index contributed by atoms with van der Waals surface area (Å²) in [7, 11) is 0. The van der Waals surface area contributed by atoms with Crippen LogP contribution in [0.25, 0.3) is 43.2 Å². The fraction of sp³-hybridized carbons (Fsp3) is 0.0345. The van der Waals surface area contributed by atoms with E-state index in [0.717, 1.165) is 54.5 Å². The van der Waals surface area contributed by atoms with E-state index in [9.17, 15) is 4.79 Å². The number of thiophene rings is 1. The average Bonchev–Trinajstić information content (AvgIpc) is 3.52. The first kappa shape index (κ1) is 21.9. The molecule has 3 aromatic heterocycles. The molecule has 0 bridgehead atoms. The number of nitrogen functional groups attached to an aromatic ring is 1. The molecule has 3 aromatic carbocycles. The van der Waals surface area contributed by atoms with Crippen LogP contribution in [0, 0.1) is 6.92 Å². The maximum Gasteiger partial charge on any atom is 0.323 e. The monoisotopic (exact) mass is 489 g/mol. The molecule has 0 aliphatic carbocycles. The molecule has 36 heavy (non-hydrogen) atoms. The van der Waals surface area contributed by atoms with Gasteiger partial charge in [0.25, 0.3) is 0 Å². The Labute approximate surface area is 211 Å². The molecule has 6 nitrogen and oxygen atoms in total. The molecule has 0 aliphatic heterocycles. The van der Waals surface area contributed by atoms with Gasteiger partial charge in [-0.3, -0.25) is 0 Å². The molecular weight excluding hydrogens is 466 g/mol. The maximum atomic E-state index is 12.4. The van der Waals surface area contributed by atoms with Gasteiger partial charge < -0.3 is 21.4 Å². The Morgan fingerprint density at radius 2 is 1.72 bits per heavy atom. The van der Waals surface area contributed by atoms with Gasteiger partial charge in [-0.1, -0.05) is 30.3 Å². The molecule has 6 aromatic rings. The minimum atomic E-state index is -0.285. The third-order valence-corrected chi connectivity index (χ3v) is 7.23. The van der Waals surface area contributed by atoms with Crippen molar-refractivity contribution in [1.82, 2.24) is 9.97 Å². The number of anilines is 3. The van der Waals surface area contributed by atoms with Crippen molar-refractivity contribution in [2.75, 3.05) is 16.4 Å². The Morgan fingerprint density at radius 1 is 0.917 bits per heavy atom. The predicted octanol–water partition coefficient (Wildman–Crippen LogP) is 7.65. The van der Waals surface area contributed by atoms with Crippen molar-refractivity contribution >= 4 is 55.5 Å². The number of pyridine rings is 1. The fourth-order valence-corrected chi connectivity index (χ4v) is 5.58. The van der Waals surface area contributed by atoms with E-state index in [0.29, 0.717) is 11.5 Å². The van der Waals surface area contributed by atoms with Crippen LogP contribution in [0.5, 0.6) is 0 Å². The molecule has 0 radical (unpaired) electrons. The summed E-state index contributed by atoms with van der Waals surface area (Å²) < 4.78 is 1.10. The lowest BCUT2D eigenvalue weighted by molar-refractivity contribution is 0.262. The van der Waals surface area contributed by atoms with E-state index < -0.39 is 0 Å². The van der Waals surface area contributed by atoms with Crippen LogP contribution in [0.3, 0.4) is 0 Å².